The Morgan fingerprint density at radius 2 is 1.25 bits per heavy atom. The van der Waals surface area contributed by atoms with E-state index in [2.05, 4.69) is 55.0 Å². The number of unbranched alkanes of at least 4 members (excludes halogenated alkanes) is 3. The molecule has 130 valence electrons. The van der Waals surface area contributed by atoms with Gasteiger partial charge in [-0.1, -0.05) is 70.7 Å². The lowest BCUT2D eigenvalue weighted by molar-refractivity contribution is 0.579. The van der Waals surface area contributed by atoms with Crippen LogP contribution >= 0.6 is 31.9 Å². The third kappa shape index (κ3) is 5.18. The maximum atomic E-state index is 4.39. The van der Waals surface area contributed by atoms with Gasteiger partial charge in [0.25, 0.3) is 0 Å². The van der Waals surface area contributed by atoms with Crippen molar-refractivity contribution in [2.45, 2.75) is 48.2 Å². The molecule has 0 aliphatic rings. The topological polar surface area (TPSA) is 35.6 Å². The van der Waals surface area contributed by atoms with Crippen molar-refractivity contribution >= 4 is 44.3 Å². The summed E-state index contributed by atoms with van der Waals surface area (Å²) in [5.74, 6) is 2.06. The van der Waals surface area contributed by atoms with Crippen molar-refractivity contribution in [1.29, 1.82) is 0 Å². The molecule has 2 rings (SSSR count). The van der Waals surface area contributed by atoms with Crippen LogP contribution in [0.15, 0.2) is 37.9 Å². The van der Waals surface area contributed by atoms with Crippen LogP contribution in [-0.2, 0) is 0 Å². The van der Waals surface area contributed by atoms with Crippen LogP contribution in [0.4, 0.5) is 0 Å². The number of nitrogens with zero attached hydrogens (tertiary/aromatic N) is 4. The van der Waals surface area contributed by atoms with Gasteiger partial charge < -0.3 is 9.13 Å². The second-order valence-corrected chi connectivity index (χ2v) is 7.89. The molecule has 0 bridgehead atoms. The first-order valence-corrected chi connectivity index (χ1v) is 10.1. The smallest absolute Gasteiger partial charge is 0.126 e. The zero-order chi connectivity index (χ0) is 17.4. The summed E-state index contributed by atoms with van der Waals surface area (Å²) in [5.41, 5.74) is 0. The first kappa shape index (κ1) is 19.2. The second-order valence-electron chi connectivity index (χ2n) is 5.68. The number of hydrogen-bond acceptors (Lipinski definition) is 2. The summed E-state index contributed by atoms with van der Waals surface area (Å²) >= 11 is 7.46. The van der Waals surface area contributed by atoms with Crippen LogP contribution in [0.5, 0.6) is 0 Å². The van der Waals surface area contributed by atoms with E-state index in [0.717, 1.165) is 24.5 Å². The molecule has 0 aliphatic carbocycles. The van der Waals surface area contributed by atoms with E-state index in [1.807, 2.05) is 33.9 Å². The summed E-state index contributed by atoms with van der Waals surface area (Å²) in [5, 5.41) is 0. The van der Waals surface area contributed by atoms with E-state index in [0.29, 0.717) is 0 Å². The van der Waals surface area contributed by atoms with Crippen molar-refractivity contribution in [3.05, 3.63) is 49.6 Å². The lowest BCUT2D eigenvalue weighted by Gasteiger charge is -2.11. The van der Waals surface area contributed by atoms with E-state index in [1.54, 1.807) is 12.4 Å². The summed E-state index contributed by atoms with van der Waals surface area (Å²) in [6.07, 6.45) is 18.1. The first-order chi connectivity index (χ1) is 11.7. The van der Waals surface area contributed by atoms with Gasteiger partial charge in [0.1, 0.15) is 11.6 Å². The molecule has 0 N–H and O–H groups in total. The maximum Gasteiger partial charge on any atom is 0.126 e. The van der Waals surface area contributed by atoms with Gasteiger partial charge in [0.2, 0.25) is 0 Å². The highest BCUT2D eigenvalue weighted by molar-refractivity contribution is 9.09. The van der Waals surface area contributed by atoms with Crippen molar-refractivity contribution in [1.82, 2.24) is 19.1 Å². The minimum atomic E-state index is 0.287. The van der Waals surface area contributed by atoms with E-state index in [-0.39, 0.29) is 9.65 Å². The maximum absolute atomic E-state index is 4.39. The predicted octanol–water partition coefficient (Wildman–Crippen LogP) is 6.19. The molecule has 24 heavy (non-hydrogen) atoms. The Bertz CT molecular complexity index is 591. The van der Waals surface area contributed by atoms with Gasteiger partial charge in [-0.25, -0.2) is 9.97 Å². The van der Waals surface area contributed by atoms with Gasteiger partial charge in [-0.2, -0.15) is 0 Å². The Hall–Kier alpha value is -1.14. The van der Waals surface area contributed by atoms with Crippen LogP contribution in [0.3, 0.4) is 0 Å². The van der Waals surface area contributed by atoms with Crippen LogP contribution < -0.4 is 0 Å². The van der Waals surface area contributed by atoms with Crippen molar-refractivity contribution < 1.29 is 0 Å². The fourth-order valence-corrected chi connectivity index (χ4v) is 4.06. The van der Waals surface area contributed by atoms with Crippen molar-refractivity contribution in [3.63, 3.8) is 0 Å². The van der Waals surface area contributed by atoms with E-state index in [4.69, 9.17) is 0 Å². The molecule has 0 fully saturated rings. The molecule has 2 unspecified atom stereocenters. The van der Waals surface area contributed by atoms with Crippen LogP contribution in [0.1, 0.15) is 59.8 Å². The molecule has 0 aromatic carbocycles. The Labute approximate surface area is 161 Å². The first-order valence-electron chi connectivity index (χ1n) is 8.26. The van der Waals surface area contributed by atoms with Crippen LogP contribution in [0, 0.1) is 0 Å². The van der Waals surface area contributed by atoms with Gasteiger partial charge >= 0.3 is 0 Å². The fraction of sp³-hybridized carbons (Fsp3) is 0.444. The van der Waals surface area contributed by atoms with E-state index >= 15 is 0 Å². The molecule has 0 saturated carbocycles. The summed E-state index contributed by atoms with van der Waals surface area (Å²) in [6, 6.07) is 0. The molecule has 2 heterocycles. The van der Waals surface area contributed by atoms with Crippen molar-refractivity contribution in [3.8, 4) is 0 Å². The zero-order valence-corrected chi connectivity index (χ0v) is 17.0. The minimum Gasteiger partial charge on any atom is -0.310 e. The molecule has 0 saturated heterocycles. The molecule has 0 aliphatic heterocycles. The highest BCUT2D eigenvalue weighted by Crippen LogP contribution is 2.30. The molecule has 6 heteroatoms. The summed E-state index contributed by atoms with van der Waals surface area (Å²) in [7, 11) is 0. The molecular weight excluding hydrogens is 432 g/mol. The van der Waals surface area contributed by atoms with Crippen molar-refractivity contribution in [2.75, 3.05) is 0 Å². The lowest BCUT2D eigenvalue weighted by atomic mass is 10.1. The van der Waals surface area contributed by atoms with Crippen LogP contribution in [0.2, 0.25) is 0 Å². The van der Waals surface area contributed by atoms with Gasteiger partial charge in [0.15, 0.2) is 0 Å². The molecule has 0 radical (unpaired) electrons. The minimum absolute atomic E-state index is 0.287. The summed E-state index contributed by atoms with van der Waals surface area (Å²) < 4.78 is 3.94. The summed E-state index contributed by atoms with van der Waals surface area (Å²) in [6.45, 7) is 7.60. The average molecular weight is 456 g/mol. The number of imidazole rings is 2. The number of alkyl halides is 2. The van der Waals surface area contributed by atoms with E-state index in [1.165, 1.54) is 25.7 Å². The fourth-order valence-electron chi connectivity index (χ4n) is 2.70. The SMILES string of the molecule is C=Cn1ccnc1C(Br)CCCCCCC(Br)c1nccn1C=C. The highest BCUT2D eigenvalue weighted by Gasteiger charge is 2.13. The monoisotopic (exact) mass is 454 g/mol. The third-order valence-electron chi connectivity index (χ3n) is 4.02. The largest absolute Gasteiger partial charge is 0.310 e. The van der Waals surface area contributed by atoms with Crippen LogP contribution in [0.25, 0.3) is 12.4 Å². The van der Waals surface area contributed by atoms with E-state index in [9.17, 15) is 0 Å². The molecule has 0 amide bonds. The zero-order valence-electron chi connectivity index (χ0n) is 13.8. The highest BCUT2D eigenvalue weighted by atomic mass is 79.9. The van der Waals surface area contributed by atoms with Gasteiger partial charge in [-0.15, -0.1) is 0 Å². The standard InChI is InChI=1S/C18H24Br2N4/c1-3-23-13-11-21-17(23)15(19)9-7-5-6-8-10-16(20)18-22-12-14-24(18)4-2/h3-4,11-16H,1-2,5-10H2. The van der Waals surface area contributed by atoms with Crippen LogP contribution in [-0.4, -0.2) is 19.1 Å². The normalized spacial score (nSPS) is 13.6. The molecular formula is C18H24Br2N4. The molecule has 2 atom stereocenters. The van der Waals surface area contributed by atoms with E-state index < -0.39 is 0 Å². The molecule has 2 aromatic rings. The summed E-state index contributed by atoms with van der Waals surface area (Å²) in [4.78, 5) is 9.36. The number of halogens is 2. The predicted molar refractivity (Wildman–Crippen MR) is 108 cm³/mol. The third-order valence-corrected chi connectivity index (χ3v) is 5.75. The molecule has 0 spiro atoms. The van der Waals surface area contributed by atoms with Crippen molar-refractivity contribution in [2.24, 2.45) is 0 Å². The quantitative estimate of drug-likeness (QED) is 0.299. The van der Waals surface area contributed by atoms with Gasteiger partial charge in [-0.3, -0.25) is 0 Å². The molecule has 4 nitrogen and oxygen atoms in total. The molecule has 2 aromatic heterocycles. The second kappa shape index (κ2) is 9.99. The van der Waals surface area contributed by atoms with Gasteiger partial charge in [0, 0.05) is 37.2 Å². The lowest BCUT2D eigenvalue weighted by Crippen LogP contribution is -2.00. The average Bonchev–Trinajstić information content (AvgIpc) is 3.25. The Kier molecular flexibility index (Phi) is 7.99. The number of hydrogen-bond donors (Lipinski definition) is 0. The Balaban J connectivity index is 1.63. The Morgan fingerprint density at radius 3 is 1.62 bits per heavy atom. The number of aromatic nitrogens is 4. The van der Waals surface area contributed by atoms with Gasteiger partial charge in [-0.05, 0) is 12.8 Å². The number of rotatable bonds is 11. The van der Waals surface area contributed by atoms with Gasteiger partial charge in [0.05, 0.1) is 9.65 Å². The Morgan fingerprint density at radius 1 is 0.833 bits per heavy atom.